The predicted molar refractivity (Wildman–Crippen MR) is 108 cm³/mol. The normalized spacial score (nSPS) is 12.0. The largest absolute Gasteiger partial charge is 0.280 e. The van der Waals surface area contributed by atoms with E-state index in [0.29, 0.717) is 16.0 Å². The van der Waals surface area contributed by atoms with Gasteiger partial charge in [-0.15, -0.1) is 0 Å². The second-order valence-corrected chi connectivity index (χ2v) is 9.22. The maximum atomic E-state index is 13.3. The molecule has 0 aliphatic rings. The summed E-state index contributed by atoms with van der Waals surface area (Å²) in [6.07, 6.45) is 0. The number of hydrogen-bond donors (Lipinski definition) is 1. The Labute approximate surface area is 164 Å². The van der Waals surface area contributed by atoms with Crippen molar-refractivity contribution in [2.24, 2.45) is 0 Å². The molecule has 0 spiro atoms. The Balaban J connectivity index is 1.94. The smallest absolute Gasteiger partial charge is 0.279 e. The monoisotopic (exact) mass is 417 g/mol. The van der Waals surface area contributed by atoms with Crippen LogP contribution < -0.4 is 10.3 Å². The summed E-state index contributed by atoms with van der Waals surface area (Å²) < 4.78 is 43.8. The maximum absolute atomic E-state index is 13.3. The van der Waals surface area contributed by atoms with E-state index in [2.05, 4.69) is 9.71 Å². The molecule has 2 aromatic carbocycles. The van der Waals surface area contributed by atoms with Gasteiger partial charge in [0.05, 0.1) is 21.6 Å². The molecular weight excluding hydrogens is 401 g/mol. The van der Waals surface area contributed by atoms with Gasteiger partial charge in [-0.05, 0) is 62.2 Å². The molecule has 1 N–H and O–H groups in total. The summed E-state index contributed by atoms with van der Waals surface area (Å²) in [6, 6.07) is 9.26. The second-order valence-electron chi connectivity index (χ2n) is 6.59. The molecule has 0 aliphatic heterocycles. The Bertz CT molecular complexity index is 1420. The zero-order chi connectivity index (χ0) is 20.2. The van der Waals surface area contributed by atoms with Gasteiger partial charge >= 0.3 is 0 Å². The first kappa shape index (κ1) is 18.6. The summed E-state index contributed by atoms with van der Waals surface area (Å²) in [6.45, 7) is 5.01. The van der Waals surface area contributed by atoms with Gasteiger partial charge in [-0.2, -0.15) is 0 Å². The highest BCUT2D eigenvalue weighted by molar-refractivity contribution is 7.92. The number of nitrogens with zero attached hydrogens (tertiary/aromatic N) is 2. The number of nitrogens with one attached hydrogen (secondary N) is 1. The Morgan fingerprint density at radius 1 is 1.11 bits per heavy atom. The van der Waals surface area contributed by atoms with Gasteiger partial charge in [-0.1, -0.05) is 17.4 Å². The van der Waals surface area contributed by atoms with Crippen LogP contribution in [-0.2, 0) is 10.0 Å². The Morgan fingerprint density at radius 2 is 1.86 bits per heavy atom. The lowest BCUT2D eigenvalue weighted by molar-refractivity contribution is 0.598. The average Bonchev–Trinajstić information content (AvgIpc) is 2.94. The van der Waals surface area contributed by atoms with Crippen LogP contribution in [0.25, 0.3) is 15.2 Å². The van der Waals surface area contributed by atoms with E-state index in [-0.39, 0.29) is 11.4 Å². The molecule has 0 atom stereocenters. The molecule has 9 heteroatoms. The van der Waals surface area contributed by atoms with E-state index in [4.69, 9.17) is 0 Å². The first-order chi connectivity index (χ1) is 13.2. The Hall–Kier alpha value is -2.78. The maximum Gasteiger partial charge on any atom is 0.280 e. The molecule has 0 bridgehead atoms. The minimum Gasteiger partial charge on any atom is -0.279 e. The van der Waals surface area contributed by atoms with Gasteiger partial charge in [-0.25, -0.2) is 22.2 Å². The summed E-state index contributed by atoms with van der Waals surface area (Å²) in [5, 5.41) is 0. The van der Waals surface area contributed by atoms with Crippen molar-refractivity contribution in [1.82, 2.24) is 9.38 Å². The number of benzene rings is 2. The lowest BCUT2D eigenvalue weighted by atomic mass is 10.2. The van der Waals surface area contributed by atoms with Gasteiger partial charge in [0.15, 0.2) is 9.86 Å². The van der Waals surface area contributed by atoms with E-state index in [0.717, 1.165) is 16.3 Å². The number of sulfonamides is 1. The number of thiazole rings is 1. The molecule has 0 radical (unpaired) electrons. The fourth-order valence-corrected chi connectivity index (χ4v) is 5.64. The Kier molecular flexibility index (Phi) is 4.24. The van der Waals surface area contributed by atoms with Crippen LogP contribution in [0.2, 0.25) is 0 Å². The molecule has 0 aliphatic carbocycles. The highest BCUT2D eigenvalue weighted by atomic mass is 32.2. The molecule has 0 unspecified atom stereocenters. The predicted octanol–water partition coefficient (Wildman–Crippen LogP) is 3.77. The minimum absolute atomic E-state index is 0.112. The first-order valence-electron chi connectivity index (χ1n) is 8.39. The quantitative estimate of drug-likeness (QED) is 0.550. The third-order valence-electron chi connectivity index (χ3n) is 4.44. The lowest BCUT2D eigenvalue weighted by Gasteiger charge is -2.12. The third-order valence-corrected chi connectivity index (χ3v) is 6.94. The van der Waals surface area contributed by atoms with Gasteiger partial charge in [-0.3, -0.25) is 9.52 Å². The van der Waals surface area contributed by atoms with Crippen molar-refractivity contribution in [3.05, 3.63) is 69.4 Å². The summed E-state index contributed by atoms with van der Waals surface area (Å²) in [4.78, 5) is 17.5. The van der Waals surface area contributed by atoms with Crippen LogP contribution in [-0.4, -0.2) is 17.8 Å². The van der Waals surface area contributed by atoms with Crippen LogP contribution in [0.4, 0.5) is 10.1 Å². The van der Waals surface area contributed by atoms with Crippen LogP contribution >= 0.6 is 11.3 Å². The minimum atomic E-state index is -4.22. The molecule has 0 fully saturated rings. The van der Waals surface area contributed by atoms with Gasteiger partial charge < -0.3 is 0 Å². The van der Waals surface area contributed by atoms with E-state index in [1.807, 2.05) is 19.1 Å². The third kappa shape index (κ3) is 2.96. The zero-order valence-corrected chi connectivity index (χ0v) is 16.9. The number of halogens is 1. The number of aromatic nitrogens is 2. The molecular formula is C19H16FN3O3S2. The van der Waals surface area contributed by atoms with Crippen LogP contribution in [0.3, 0.4) is 0 Å². The van der Waals surface area contributed by atoms with E-state index in [1.165, 1.54) is 34.8 Å². The molecule has 2 aromatic heterocycles. The molecule has 144 valence electrons. The summed E-state index contributed by atoms with van der Waals surface area (Å²) in [5.74, 6) is -0.472. The van der Waals surface area contributed by atoms with Crippen molar-refractivity contribution in [2.45, 2.75) is 25.7 Å². The van der Waals surface area contributed by atoms with Crippen molar-refractivity contribution in [2.75, 3.05) is 4.72 Å². The summed E-state index contributed by atoms with van der Waals surface area (Å²) in [7, 11) is -4.22. The topological polar surface area (TPSA) is 80.5 Å². The van der Waals surface area contributed by atoms with E-state index in [9.17, 15) is 17.6 Å². The van der Waals surface area contributed by atoms with Crippen molar-refractivity contribution >= 4 is 42.2 Å². The van der Waals surface area contributed by atoms with Crippen molar-refractivity contribution in [3.63, 3.8) is 0 Å². The van der Waals surface area contributed by atoms with Gasteiger partial charge in [0.25, 0.3) is 15.6 Å². The summed E-state index contributed by atoms with van der Waals surface area (Å²) in [5.41, 5.74) is 1.70. The van der Waals surface area contributed by atoms with E-state index >= 15 is 0 Å². The molecule has 0 amide bonds. The molecule has 4 rings (SSSR count). The van der Waals surface area contributed by atoms with Crippen LogP contribution in [0.5, 0.6) is 0 Å². The van der Waals surface area contributed by atoms with Crippen LogP contribution in [0.1, 0.15) is 16.8 Å². The highest BCUT2D eigenvalue weighted by Gasteiger charge is 2.26. The van der Waals surface area contributed by atoms with Gasteiger partial charge in [0.1, 0.15) is 5.82 Å². The van der Waals surface area contributed by atoms with E-state index < -0.39 is 26.3 Å². The number of fused-ring (bicyclic) bond motifs is 3. The molecule has 28 heavy (non-hydrogen) atoms. The average molecular weight is 417 g/mol. The van der Waals surface area contributed by atoms with Crippen molar-refractivity contribution in [1.29, 1.82) is 0 Å². The van der Waals surface area contributed by atoms with Crippen LogP contribution in [0, 0.1) is 26.6 Å². The zero-order valence-electron chi connectivity index (χ0n) is 15.3. The number of hydrogen-bond acceptors (Lipinski definition) is 5. The fourth-order valence-electron chi connectivity index (χ4n) is 3.10. The SMILES string of the molecule is Cc1ccc2c(c1)sc1nc(C)c(S(=O)(=O)Nc3ccc(F)cc3C)c(=O)n12. The Morgan fingerprint density at radius 3 is 2.57 bits per heavy atom. The second kappa shape index (κ2) is 6.39. The van der Waals surface area contributed by atoms with Crippen LogP contribution in [0.15, 0.2) is 46.1 Å². The molecule has 2 heterocycles. The fraction of sp³-hybridized carbons (Fsp3) is 0.158. The van der Waals surface area contributed by atoms with Gasteiger partial charge in [0, 0.05) is 0 Å². The number of aryl methyl sites for hydroxylation is 3. The molecule has 6 nitrogen and oxygen atoms in total. The molecule has 0 saturated heterocycles. The highest BCUT2D eigenvalue weighted by Crippen LogP contribution is 2.27. The summed E-state index contributed by atoms with van der Waals surface area (Å²) >= 11 is 1.33. The number of rotatable bonds is 3. The number of anilines is 1. The molecule has 4 aromatic rings. The van der Waals surface area contributed by atoms with Crippen molar-refractivity contribution in [3.8, 4) is 0 Å². The van der Waals surface area contributed by atoms with Gasteiger partial charge in [0.2, 0.25) is 0 Å². The molecule has 0 saturated carbocycles. The standard InChI is InChI=1S/C19H16FN3O3S2/c1-10-4-7-15-16(8-10)27-19-21-12(3)17(18(24)23(15)19)28(25,26)22-14-6-5-13(20)9-11(14)2/h4-9,22H,1-3H3. The van der Waals surface area contributed by atoms with E-state index in [1.54, 1.807) is 13.0 Å². The lowest BCUT2D eigenvalue weighted by Crippen LogP contribution is -2.28. The first-order valence-corrected chi connectivity index (χ1v) is 10.7. The van der Waals surface area contributed by atoms with Crippen molar-refractivity contribution < 1.29 is 12.8 Å².